The first-order chi connectivity index (χ1) is 10.2. The van der Waals surface area contributed by atoms with Crippen LogP contribution in [-0.4, -0.2) is 32.4 Å². The molecule has 1 atom stereocenters. The highest BCUT2D eigenvalue weighted by Gasteiger charge is 2.35. The molecular weight excluding hydrogens is 262 g/mol. The van der Waals surface area contributed by atoms with Gasteiger partial charge < -0.3 is 14.8 Å². The monoisotopic (exact) mass is 293 g/mol. The van der Waals surface area contributed by atoms with Crippen LogP contribution in [0.5, 0.6) is 5.75 Å². The van der Waals surface area contributed by atoms with E-state index in [-0.39, 0.29) is 5.60 Å². The van der Waals surface area contributed by atoms with E-state index < -0.39 is 0 Å². The van der Waals surface area contributed by atoms with Crippen LogP contribution >= 0.6 is 0 Å². The predicted octanol–water partition coefficient (Wildman–Crippen LogP) is 3.81. The van der Waals surface area contributed by atoms with Gasteiger partial charge in [-0.25, -0.2) is 0 Å². The molecule has 0 saturated carbocycles. The van der Waals surface area contributed by atoms with Crippen molar-refractivity contribution in [2.24, 2.45) is 0 Å². The second-order valence-corrected chi connectivity index (χ2v) is 5.43. The van der Waals surface area contributed by atoms with Gasteiger partial charge in [0.05, 0.1) is 12.7 Å². The smallest absolute Gasteiger partial charge is 0.118 e. The number of hydrogen-bond donors (Lipinski definition) is 1. The fourth-order valence-corrected chi connectivity index (χ4v) is 3.11. The number of hydrogen-bond acceptors (Lipinski definition) is 3. The third kappa shape index (κ3) is 4.72. The minimum atomic E-state index is -0.0596. The van der Waals surface area contributed by atoms with E-state index in [9.17, 15) is 0 Å². The predicted molar refractivity (Wildman–Crippen MR) is 89.1 cm³/mol. The quantitative estimate of drug-likeness (QED) is 0.711. The average molecular weight is 293 g/mol. The largest absolute Gasteiger partial charge is 0.497 e. The Bertz CT molecular complexity index is 385. The van der Waals surface area contributed by atoms with Gasteiger partial charge in [0.1, 0.15) is 5.75 Å². The van der Waals surface area contributed by atoms with Gasteiger partial charge in [0, 0.05) is 12.6 Å². The molecule has 0 heterocycles. The molecule has 0 aliphatic carbocycles. The fourth-order valence-electron chi connectivity index (χ4n) is 3.11. The van der Waals surface area contributed by atoms with Gasteiger partial charge in [-0.1, -0.05) is 26.0 Å². The maximum absolute atomic E-state index is 6.12. The van der Waals surface area contributed by atoms with Crippen molar-refractivity contribution in [3.05, 3.63) is 29.8 Å². The topological polar surface area (TPSA) is 30.5 Å². The number of methoxy groups -OCH3 is 1. The van der Waals surface area contributed by atoms with Crippen LogP contribution in [-0.2, 0) is 11.2 Å². The Kier molecular flexibility index (Phi) is 7.76. The molecule has 1 rings (SSSR count). The highest BCUT2D eigenvalue weighted by Crippen LogP contribution is 2.28. The summed E-state index contributed by atoms with van der Waals surface area (Å²) in [6.45, 7) is 7.28. The number of likely N-dealkylation sites (N-methyl/N-ethyl adjacent to an activating group) is 1. The van der Waals surface area contributed by atoms with Crippen LogP contribution in [0.2, 0.25) is 0 Å². The number of ether oxygens (including phenoxy) is 2. The zero-order chi connectivity index (χ0) is 15.7. The second-order valence-electron chi connectivity index (χ2n) is 5.43. The zero-order valence-electron chi connectivity index (χ0n) is 14.2. The van der Waals surface area contributed by atoms with E-state index in [1.165, 1.54) is 5.56 Å². The van der Waals surface area contributed by atoms with E-state index in [0.717, 1.165) is 38.0 Å². The molecule has 0 fully saturated rings. The van der Waals surface area contributed by atoms with Crippen LogP contribution in [0.15, 0.2) is 24.3 Å². The molecule has 1 unspecified atom stereocenters. The lowest BCUT2D eigenvalue weighted by Crippen LogP contribution is -2.51. The molecule has 0 aliphatic heterocycles. The molecule has 0 amide bonds. The van der Waals surface area contributed by atoms with Gasteiger partial charge in [-0.2, -0.15) is 0 Å². The van der Waals surface area contributed by atoms with Crippen molar-refractivity contribution in [3.63, 3.8) is 0 Å². The summed E-state index contributed by atoms with van der Waals surface area (Å²) < 4.78 is 11.3. The fraction of sp³-hybridized carbons (Fsp3) is 0.667. The van der Waals surface area contributed by atoms with Crippen LogP contribution in [0.4, 0.5) is 0 Å². The van der Waals surface area contributed by atoms with E-state index in [2.05, 4.69) is 38.2 Å². The lowest BCUT2D eigenvalue weighted by molar-refractivity contribution is -0.0721. The van der Waals surface area contributed by atoms with Crippen LogP contribution in [0.3, 0.4) is 0 Å². The summed E-state index contributed by atoms with van der Waals surface area (Å²) in [5.74, 6) is 0.912. The van der Waals surface area contributed by atoms with Crippen molar-refractivity contribution in [2.45, 2.75) is 58.1 Å². The standard InChI is InChI=1S/C18H31NO2/c1-6-18(7-2,21-8-3)17(19-4)14-11-15-9-12-16(20-5)13-10-15/h9-10,12-13,17,19H,6-8,11,14H2,1-5H3. The summed E-state index contributed by atoms with van der Waals surface area (Å²) in [6.07, 6.45) is 4.19. The highest BCUT2D eigenvalue weighted by atomic mass is 16.5. The van der Waals surface area contributed by atoms with Crippen LogP contribution in [0, 0.1) is 0 Å². The highest BCUT2D eigenvalue weighted by molar-refractivity contribution is 5.27. The third-order valence-electron chi connectivity index (χ3n) is 4.49. The Morgan fingerprint density at radius 3 is 2.14 bits per heavy atom. The van der Waals surface area contributed by atoms with Gasteiger partial charge in [0.15, 0.2) is 0 Å². The zero-order valence-corrected chi connectivity index (χ0v) is 14.2. The van der Waals surface area contributed by atoms with Crippen molar-refractivity contribution in [1.82, 2.24) is 5.32 Å². The lowest BCUT2D eigenvalue weighted by atomic mass is 9.84. The van der Waals surface area contributed by atoms with Crippen molar-refractivity contribution >= 4 is 0 Å². The van der Waals surface area contributed by atoms with Crippen molar-refractivity contribution in [3.8, 4) is 5.75 Å². The molecule has 1 aromatic carbocycles. The molecule has 1 N–H and O–H groups in total. The van der Waals surface area contributed by atoms with Gasteiger partial charge in [-0.3, -0.25) is 0 Å². The first kappa shape index (κ1) is 18.0. The number of aryl methyl sites for hydroxylation is 1. The molecule has 0 saturated heterocycles. The molecule has 0 bridgehead atoms. The Balaban J connectivity index is 2.71. The maximum Gasteiger partial charge on any atom is 0.118 e. The van der Waals surface area contributed by atoms with Crippen molar-refractivity contribution in [2.75, 3.05) is 20.8 Å². The van der Waals surface area contributed by atoms with Crippen LogP contribution in [0.25, 0.3) is 0 Å². The lowest BCUT2D eigenvalue weighted by Gasteiger charge is -2.39. The van der Waals surface area contributed by atoms with Gasteiger partial charge in [-0.05, 0) is 57.4 Å². The Hall–Kier alpha value is -1.06. The molecule has 3 nitrogen and oxygen atoms in total. The molecule has 0 aromatic heterocycles. The van der Waals surface area contributed by atoms with Gasteiger partial charge in [0.2, 0.25) is 0 Å². The van der Waals surface area contributed by atoms with E-state index >= 15 is 0 Å². The van der Waals surface area contributed by atoms with Crippen LogP contribution < -0.4 is 10.1 Å². The summed E-state index contributed by atoms with van der Waals surface area (Å²) in [4.78, 5) is 0. The normalized spacial score (nSPS) is 13.2. The van der Waals surface area contributed by atoms with E-state index in [1.807, 2.05) is 19.2 Å². The molecule has 1 aromatic rings. The van der Waals surface area contributed by atoms with Gasteiger partial charge >= 0.3 is 0 Å². The molecule has 120 valence electrons. The molecular formula is C18H31NO2. The maximum atomic E-state index is 6.12. The summed E-state index contributed by atoms with van der Waals surface area (Å²) in [6, 6.07) is 8.71. The summed E-state index contributed by atoms with van der Waals surface area (Å²) >= 11 is 0. The molecule has 3 heteroatoms. The molecule has 21 heavy (non-hydrogen) atoms. The third-order valence-corrected chi connectivity index (χ3v) is 4.49. The summed E-state index contributed by atoms with van der Waals surface area (Å²) in [7, 11) is 3.74. The first-order valence-electron chi connectivity index (χ1n) is 8.09. The number of rotatable bonds is 10. The van der Waals surface area contributed by atoms with Gasteiger partial charge in [-0.15, -0.1) is 0 Å². The van der Waals surface area contributed by atoms with Crippen molar-refractivity contribution < 1.29 is 9.47 Å². The molecule has 0 aliphatic rings. The SMILES string of the molecule is CCOC(CC)(CC)C(CCc1ccc(OC)cc1)NC. The van der Waals surface area contributed by atoms with E-state index in [1.54, 1.807) is 7.11 Å². The van der Waals surface area contributed by atoms with Crippen LogP contribution in [0.1, 0.15) is 45.6 Å². The minimum absolute atomic E-state index is 0.0596. The molecule has 0 spiro atoms. The Labute approximate surface area is 130 Å². The Morgan fingerprint density at radius 1 is 1.10 bits per heavy atom. The van der Waals surface area contributed by atoms with E-state index in [0.29, 0.717) is 6.04 Å². The number of benzene rings is 1. The summed E-state index contributed by atoms with van der Waals surface area (Å²) in [5.41, 5.74) is 1.28. The number of nitrogens with one attached hydrogen (secondary N) is 1. The van der Waals surface area contributed by atoms with Crippen molar-refractivity contribution in [1.29, 1.82) is 0 Å². The molecule has 0 radical (unpaired) electrons. The minimum Gasteiger partial charge on any atom is -0.497 e. The second kappa shape index (κ2) is 9.06. The average Bonchev–Trinajstić information content (AvgIpc) is 2.54. The van der Waals surface area contributed by atoms with E-state index in [4.69, 9.17) is 9.47 Å². The summed E-state index contributed by atoms with van der Waals surface area (Å²) in [5, 5.41) is 3.47. The Morgan fingerprint density at radius 2 is 1.71 bits per heavy atom. The van der Waals surface area contributed by atoms with Gasteiger partial charge in [0.25, 0.3) is 0 Å². The first-order valence-corrected chi connectivity index (χ1v) is 8.09.